The summed E-state index contributed by atoms with van der Waals surface area (Å²) < 4.78 is 7.51. The van der Waals surface area contributed by atoms with E-state index in [0.717, 1.165) is 51.6 Å². The average Bonchev–Trinajstić information content (AvgIpc) is 3.06. The Hall–Kier alpha value is -1.11. The predicted molar refractivity (Wildman–Crippen MR) is 83.7 cm³/mol. The zero-order valence-electron chi connectivity index (χ0n) is 13.4. The van der Waals surface area contributed by atoms with Crippen molar-refractivity contribution < 1.29 is 4.74 Å². The molecule has 0 aliphatic carbocycles. The lowest BCUT2D eigenvalue weighted by Gasteiger charge is -2.32. The fourth-order valence-corrected chi connectivity index (χ4v) is 3.64. The Morgan fingerprint density at radius 3 is 2.76 bits per heavy atom. The minimum absolute atomic E-state index is 0.659. The highest BCUT2D eigenvalue weighted by atomic mass is 16.5. The molecule has 2 saturated heterocycles. The van der Waals surface area contributed by atoms with Crippen LogP contribution in [0.2, 0.25) is 0 Å². The smallest absolute Gasteiger partial charge is 0.131 e. The van der Waals surface area contributed by atoms with Gasteiger partial charge in [-0.1, -0.05) is 0 Å². The standard InChI is InChI=1S/C15H27N5O/c1-12-14(10-16-2)15(18(3)17-12)20-5-4-13(11-20)19-6-8-21-9-7-19/h13,16H,4-11H2,1-3H3. The van der Waals surface area contributed by atoms with E-state index < -0.39 is 0 Å². The third-order valence-electron chi connectivity index (χ3n) is 4.69. The van der Waals surface area contributed by atoms with Gasteiger partial charge in [-0.15, -0.1) is 0 Å². The van der Waals surface area contributed by atoms with Crippen LogP contribution < -0.4 is 10.2 Å². The average molecular weight is 293 g/mol. The minimum atomic E-state index is 0.659. The quantitative estimate of drug-likeness (QED) is 0.868. The first-order valence-electron chi connectivity index (χ1n) is 7.94. The van der Waals surface area contributed by atoms with Crippen LogP contribution in [0, 0.1) is 6.92 Å². The van der Waals surface area contributed by atoms with Crippen molar-refractivity contribution >= 4 is 5.82 Å². The summed E-state index contributed by atoms with van der Waals surface area (Å²) >= 11 is 0. The van der Waals surface area contributed by atoms with Gasteiger partial charge in [-0.05, 0) is 20.4 Å². The number of rotatable bonds is 4. The predicted octanol–water partition coefficient (Wildman–Crippen LogP) is 0.359. The largest absolute Gasteiger partial charge is 0.379 e. The molecule has 1 aromatic rings. The summed E-state index contributed by atoms with van der Waals surface area (Å²) in [6, 6.07) is 0.659. The first kappa shape index (κ1) is 14.8. The molecule has 2 fully saturated rings. The summed E-state index contributed by atoms with van der Waals surface area (Å²) in [6.07, 6.45) is 1.24. The molecule has 0 spiro atoms. The molecule has 0 bridgehead atoms. The van der Waals surface area contributed by atoms with E-state index in [1.165, 1.54) is 17.8 Å². The van der Waals surface area contributed by atoms with Gasteiger partial charge in [0.2, 0.25) is 0 Å². The van der Waals surface area contributed by atoms with E-state index in [1.54, 1.807) is 0 Å². The number of nitrogens with one attached hydrogen (secondary N) is 1. The van der Waals surface area contributed by atoms with Gasteiger partial charge in [0.05, 0.1) is 18.9 Å². The van der Waals surface area contributed by atoms with Crippen LogP contribution in [0.4, 0.5) is 5.82 Å². The molecule has 0 aromatic carbocycles. The first-order chi connectivity index (χ1) is 10.2. The monoisotopic (exact) mass is 293 g/mol. The second-order valence-corrected chi connectivity index (χ2v) is 6.08. The van der Waals surface area contributed by atoms with Gasteiger partial charge in [-0.3, -0.25) is 9.58 Å². The second kappa shape index (κ2) is 6.34. The number of aryl methyl sites for hydroxylation is 2. The summed E-state index contributed by atoms with van der Waals surface area (Å²) in [5.41, 5.74) is 2.47. The molecule has 118 valence electrons. The first-order valence-corrected chi connectivity index (χ1v) is 7.94. The third kappa shape index (κ3) is 2.93. The Labute approximate surface area is 127 Å². The Kier molecular flexibility index (Phi) is 4.47. The van der Waals surface area contributed by atoms with E-state index in [1.807, 2.05) is 11.7 Å². The molecular weight excluding hydrogens is 266 g/mol. The van der Waals surface area contributed by atoms with E-state index in [2.05, 4.69) is 34.2 Å². The molecule has 1 aromatic heterocycles. The fraction of sp³-hybridized carbons (Fsp3) is 0.800. The zero-order valence-corrected chi connectivity index (χ0v) is 13.4. The molecule has 0 radical (unpaired) electrons. The van der Waals surface area contributed by atoms with Crippen LogP contribution in [-0.2, 0) is 18.3 Å². The van der Waals surface area contributed by atoms with Gasteiger partial charge in [0, 0.05) is 51.4 Å². The summed E-state index contributed by atoms with van der Waals surface area (Å²) in [5.74, 6) is 1.29. The molecule has 3 heterocycles. The lowest BCUT2D eigenvalue weighted by Crippen LogP contribution is -2.44. The molecule has 6 nitrogen and oxygen atoms in total. The fourth-order valence-electron chi connectivity index (χ4n) is 3.64. The summed E-state index contributed by atoms with van der Waals surface area (Å²) in [4.78, 5) is 5.09. The van der Waals surface area contributed by atoms with Crippen molar-refractivity contribution in [1.82, 2.24) is 20.0 Å². The Morgan fingerprint density at radius 2 is 2.05 bits per heavy atom. The summed E-state index contributed by atoms with van der Waals surface area (Å²) in [5, 5.41) is 7.88. The van der Waals surface area contributed by atoms with Gasteiger partial charge in [0.25, 0.3) is 0 Å². The van der Waals surface area contributed by atoms with Crippen LogP contribution in [0.1, 0.15) is 17.7 Å². The molecule has 1 unspecified atom stereocenters. The molecule has 0 saturated carbocycles. The highest BCUT2D eigenvalue weighted by molar-refractivity contribution is 5.51. The number of hydrogen-bond donors (Lipinski definition) is 1. The molecule has 2 aliphatic rings. The number of nitrogens with zero attached hydrogens (tertiary/aromatic N) is 4. The number of anilines is 1. The van der Waals surface area contributed by atoms with Crippen LogP contribution in [0.3, 0.4) is 0 Å². The van der Waals surface area contributed by atoms with E-state index in [0.29, 0.717) is 6.04 Å². The maximum absolute atomic E-state index is 5.47. The van der Waals surface area contributed by atoms with Crippen LogP contribution in [0.15, 0.2) is 0 Å². The van der Waals surface area contributed by atoms with Gasteiger partial charge >= 0.3 is 0 Å². The summed E-state index contributed by atoms with van der Waals surface area (Å²) in [6.45, 7) is 9.13. The van der Waals surface area contributed by atoms with Gasteiger partial charge in [-0.25, -0.2) is 0 Å². The maximum atomic E-state index is 5.47. The van der Waals surface area contributed by atoms with Crippen molar-refractivity contribution in [3.05, 3.63) is 11.3 Å². The molecule has 1 atom stereocenters. The third-order valence-corrected chi connectivity index (χ3v) is 4.69. The molecule has 2 aliphatic heterocycles. The highest BCUT2D eigenvalue weighted by Crippen LogP contribution is 2.28. The van der Waals surface area contributed by atoms with Gasteiger partial charge in [0.15, 0.2) is 0 Å². The van der Waals surface area contributed by atoms with Gasteiger partial charge < -0.3 is 15.0 Å². The van der Waals surface area contributed by atoms with Crippen LogP contribution >= 0.6 is 0 Å². The van der Waals surface area contributed by atoms with Crippen molar-refractivity contribution in [2.75, 3.05) is 51.3 Å². The van der Waals surface area contributed by atoms with E-state index in [4.69, 9.17) is 4.74 Å². The maximum Gasteiger partial charge on any atom is 0.131 e. The minimum Gasteiger partial charge on any atom is -0.379 e. The van der Waals surface area contributed by atoms with Crippen molar-refractivity contribution in [1.29, 1.82) is 0 Å². The molecule has 3 rings (SSSR count). The highest BCUT2D eigenvalue weighted by Gasteiger charge is 2.31. The topological polar surface area (TPSA) is 45.6 Å². The molecule has 6 heteroatoms. The Balaban J connectivity index is 1.73. The Morgan fingerprint density at radius 1 is 1.29 bits per heavy atom. The van der Waals surface area contributed by atoms with E-state index in [9.17, 15) is 0 Å². The number of hydrogen-bond acceptors (Lipinski definition) is 5. The SMILES string of the molecule is CNCc1c(C)nn(C)c1N1CCC(N2CCOCC2)C1. The van der Waals surface area contributed by atoms with Crippen LogP contribution in [0.5, 0.6) is 0 Å². The molecule has 21 heavy (non-hydrogen) atoms. The van der Waals surface area contributed by atoms with Crippen molar-refractivity contribution in [3.8, 4) is 0 Å². The lowest BCUT2D eigenvalue weighted by atomic mass is 10.2. The van der Waals surface area contributed by atoms with Crippen molar-refractivity contribution in [3.63, 3.8) is 0 Å². The van der Waals surface area contributed by atoms with E-state index >= 15 is 0 Å². The normalized spacial score (nSPS) is 24.0. The molecule has 1 N–H and O–H groups in total. The van der Waals surface area contributed by atoms with Gasteiger partial charge in [0.1, 0.15) is 5.82 Å². The lowest BCUT2D eigenvalue weighted by molar-refractivity contribution is 0.0209. The summed E-state index contributed by atoms with van der Waals surface area (Å²) in [7, 11) is 4.06. The van der Waals surface area contributed by atoms with E-state index in [-0.39, 0.29) is 0 Å². The van der Waals surface area contributed by atoms with Crippen LogP contribution in [0.25, 0.3) is 0 Å². The number of ether oxygens (including phenoxy) is 1. The van der Waals surface area contributed by atoms with Crippen LogP contribution in [-0.4, -0.2) is 67.2 Å². The van der Waals surface area contributed by atoms with Crippen molar-refractivity contribution in [2.45, 2.75) is 25.9 Å². The number of aromatic nitrogens is 2. The number of morpholine rings is 1. The van der Waals surface area contributed by atoms with Gasteiger partial charge in [-0.2, -0.15) is 5.10 Å². The second-order valence-electron chi connectivity index (χ2n) is 6.08. The Bertz CT molecular complexity index is 481. The zero-order chi connectivity index (χ0) is 14.8. The van der Waals surface area contributed by atoms with Crippen molar-refractivity contribution in [2.24, 2.45) is 7.05 Å². The molecule has 0 amide bonds. The molecular formula is C15H27N5O.